The molecule has 0 atom stereocenters. The van der Waals surface area contributed by atoms with Gasteiger partial charge in [0.1, 0.15) is 0 Å². The summed E-state index contributed by atoms with van der Waals surface area (Å²) in [4.78, 5) is 19.9. The molecule has 1 aromatic heterocycles. The molecular formula is C8H12N6O4S. The Morgan fingerprint density at radius 1 is 1.74 bits per heavy atom. The molecule has 104 valence electrons. The zero-order chi connectivity index (χ0) is 15.0. The fraction of sp³-hybridized carbons (Fsp3) is 0.125. The Bertz CT molecular complexity index is 511. The molecule has 0 radical (unpaired) electrons. The Balaban J connectivity index is 0.000000555. The SMILES string of the molecule is Cn1cc(/C=C/C(=O)O)c([N+](=O)[O-])n1.NNC(N)=S. The van der Waals surface area contributed by atoms with E-state index in [0.717, 1.165) is 12.2 Å². The van der Waals surface area contributed by atoms with Gasteiger partial charge in [0.15, 0.2) is 5.11 Å². The number of aliphatic carboxylic acids is 1. The lowest BCUT2D eigenvalue weighted by Crippen LogP contribution is -2.34. The Morgan fingerprint density at radius 2 is 2.26 bits per heavy atom. The van der Waals surface area contributed by atoms with Crippen molar-refractivity contribution < 1.29 is 14.8 Å². The van der Waals surface area contributed by atoms with Gasteiger partial charge in [-0.05, 0) is 23.2 Å². The minimum atomic E-state index is -1.16. The second kappa shape index (κ2) is 7.73. The van der Waals surface area contributed by atoms with Crippen LogP contribution in [0.4, 0.5) is 5.82 Å². The fourth-order valence-electron chi connectivity index (χ4n) is 0.916. The maximum absolute atomic E-state index is 10.4. The van der Waals surface area contributed by atoms with E-state index in [-0.39, 0.29) is 16.5 Å². The van der Waals surface area contributed by atoms with Crippen molar-refractivity contribution in [1.29, 1.82) is 0 Å². The van der Waals surface area contributed by atoms with Crippen molar-refractivity contribution in [3.05, 3.63) is 28.0 Å². The average Bonchev–Trinajstić information content (AvgIpc) is 2.68. The lowest BCUT2D eigenvalue weighted by Gasteiger charge is -1.87. The first-order valence-electron chi connectivity index (χ1n) is 4.63. The van der Waals surface area contributed by atoms with Gasteiger partial charge in [-0.1, -0.05) is 0 Å². The van der Waals surface area contributed by atoms with Crippen molar-refractivity contribution in [3.63, 3.8) is 0 Å². The molecule has 1 heterocycles. The number of hydrogen-bond donors (Lipinski definition) is 4. The number of nitrogens with one attached hydrogen (secondary N) is 1. The summed E-state index contributed by atoms with van der Waals surface area (Å²) in [7, 11) is 1.52. The Hall–Kier alpha value is -2.53. The van der Waals surface area contributed by atoms with E-state index in [1.807, 2.05) is 5.43 Å². The molecule has 0 unspecified atom stereocenters. The van der Waals surface area contributed by atoms with Crippen LogP contribution in [-0.2, 0) is 11.8 Å². The van der Waals surface area contributed by atoms with Gasteiger partial charge in [0.2, 0.25) is 0 Å². The Labute approximate surface area is 112 Å². The van der Waals surface area contributed by atoms with Crippen LogP contribution in [0.15, 0.2) is 12.3 Å². The van der Waals surface area contributed by atoms with E-state index in [1.54, 1.807) is 0 Å². The molecule has 0 aliphatic carbocycles. The highest BCUT2D eigenvalue weighted by molar-refractivity contribution is 7.80. The van der Waals surface area contributed by atoms with Crippen molar-refractivity contribution in [2.24, 2.45) is 18.6 Å². The van der Waals surface area contributed by atoms with Gasteiger partial charge in [-0.3, -0.25) is 0 Å². The number of nitro groups is 1. The fourth-order valence-corrected chi connectivity index (χ4v) is 0.916. The first kappa shape index (κ1) is 16.5. The van der Waals surface area contributed by atoms with Crippen LogP contribution in [0.5, 0.6) is 0 Å². The number of aryl methyl sites for hydroxylation is 1. The maximum Gasteiger partial charge on any atom is 0.397 e. The van der Waals surface area contributed by atoms with Gasteiger partial charge in [-0.15, -0.1) is 0 Å². The normalized spacial score (nSPS) is 9.58. The molecule has 6 N–H and O–H groups in total. The first-order chi connectivity index (χ1) is 8.77. The molecule has 0 fully saturated rings. The molecule has 0 aromatic carbocycles. The third kappa shape index (κ3) is 6.70. The van der Waals surface area contributed by atoms with Crippen molar-refractivity contribution >= 4 is 35.2 Å². The number of carboxylic acid groups (broad SMARTS) is 1. The van der Waals surface area contributed by atoms with Crippen molar-refractivity contribution in [1.82, 2.24) is 15.2 Å². The van der Waals surface area contributed by atoms with Gasteiger partial charge in [0, 0.05) is 6.08 Å². The van der Waals surface area contributed by atoms with Crippen molar-refractivity contribution in [2.45, 2.75) is 0 Å². The highest BCUT2D eigenvalue weighted by Gasteiger charge is 2.16. The summed E-state index contributed by atoms with van der Waals surface area (Å²) < 4.78 is 1.25. The summed E-state index contributed by atoms with van der Waals surface area (Å²) in [6.45, 7) is 0. The predicted octanol–water partition coefficient (Wildman–Crippen LogP) is -0.881. The minimum absolute atomic E-state index is 0.116. The van der Waals surface area contributed by atoms with Gasteiger partial charge < -0.3 is 26.4 Å². The molecule has 11 heteroatoms. The molecule has 1 aromatic rings. The summed E-state index contributed by atoms with van der Waals surface area (Å²) in [6, 6.07) is 0. The third-order valence-corrected chi connectivity index (χ3v) is 1.68. The summed E-state index contributed by atoms with van der Waals surface area (Å²) in [5.41, 5.74) is 6.99. The molecule has 0 saturated heterocycles. The van der Waals surface area contributed by atoms with E-state index in [2.05, 4.69) is 23.2 Å². The highest BCUT2D eigenvalue weighted by Crippen LogP contribution is 2.16. The van der Waals surface area contributed by atoms with Gasteiger partial charge in [0.05, 0.1) is 23.9 Å². The predicted molar refractivity (Wildman–Crippen MR) is 70.6 cm³/mol. The number of hydrogen-bond acceptors (Lipinski definition) is 6. The minimum Gasteiger partial charge on any atom is -0.478 e. The Kier molecular flexibility index (Phi) is 6.70. The Morgan fingerprint density at radius 3 is 2.63 bits per heavy atom. The zero-order valence-corrected chi connectivity index (χ0v) is 10.6. The number of nitrogens with two attached hydrogens (primary N) is 2. The van der Waals surface area contributed by atoms with Crippen molar-refractivity contribution in [3.8, 4) is 0 Å². The van der Waals surface area contributed by atoms with Crippen LogP contribution in [0.1, 0.15) is 5.56 Å². The molecular weight excluding hydrogens is 276 g/mol. The second-order valence-corrected chi connectivity index (χ2v) is 3.46. The first-order valence-corrected chi connectivity index (χ1v) is 5.03. The van der Waals surface area contributed by atoms with E-state index < -0.39 is 10.9 Å². The molecule has 0 bridgehead atoms. The summed E-state index contributed by atoms with van der Waals surface area (Å²) in [6.07, 6.45) is 3.33. The van der Waals surface area contributed by atoms with Crippen LogP contribution in [0.25, 0.3) is 6.08 Å². The van der Waals surface area contributed by atoms with Gasteiger partial charge in [0.25, 0.3) is 0 Å². The number of carbonyl (C=O) groups is 1. The molecule has 0 aliphatic heterocycles. The van der Waals surface area contributed by atoms with E-state index in [9.17, 15) is 14.9 Å². The van der Waals surface area contributed by atoms with Crippen LogP contribution in [0.3, 0.4) is 0 Å². The van der Waals surface area contributed by atoms with Crippen LogP contribution >= 0.6 is 12.2 Å². The number of thiocarbonyl (C=S) groups is 1. The lowest BCUT2D eigenvalue weighted by molar-refractivity contribution is -0.390. The van der Waals surface area contributed by atoms with E-state index in [1.165, 1.54) is 17.9 Å². The van der Waals surface area contributed by atoms with E-state index in [0.29, 0.717) is 0 Å². The third-order valence-electron chi connectivity index (χ3n) is 1.56. The maximum atomic E-state index is 10.4. The van der Waals surface area contributed by atoms with Crippen LogP contribution in [0, 0.1) is 10.1 Å². The van der Waals surface area contributed by atoms with Crippen LogP contribution in [-0.4, -0.2) is 30.9 Å². The van der Waals surface area contributed by atoms with Gasteiger partial charge >= 0.3 is 11.8 Å². The van der Waals surface area contributed by atoms with Gasteiger partial charge in [-0.25, -0.2) is 10.6 Å². The number of nitrogens with zero attached hydrogens (tertiary/aromatic N) is 3. The highest BCUT2D eigenvalue weighted by atomic mass is 32.1. The molecule has 0 amide bonds. The van der Waals surface area contributed by atoms with Crippen LogP contribution < -0.4 is 17.0 Å². The molecule has 1 rings (SSSR count). The quantitative estimate of drug-likeness (QED) is 0.182. The second-order valence-electron chi connectivity index (χ2n) is 3.02. The smallest absolute Gasteiger partial charge is 0.397 e. The van der Waals surface area contributed by atoms with Gasteiger partial charge in [-0.2, -0.15) is 4.68 Å². The summed E-state index contributed by atoms with van der Waals surface area (Å²) in [5, 5.41) is 22.4. The molecule has 19 heavy (non-hydrogen) atoms. The number of aromatic nitrogens is 2. The standard InChI is InChI=1S/C7H7N3O4.CH5N3S/c1-9-4-5(2-3-6(11)12)7(8-9)10(13)14;2-1(5)4-3/h2-4H,1H3,(H,11,12);3H2,(H3,2,4,5)/b3-2+;. The summed E-state index contributed by atoms with van der Waals surface area (Å²) >= 11 is 4.24. The molecule has 10 nitrogen and oxygen atoms in total. The molecule has 0 saturated carbocycles. The topological polar surface area (TPSA) is 162 Å². The molecule has 0 aliphatic rings. The largest absolute Gasteiger partial charge is 0.478 e. The number of carboxylic acids is 1. The zero-order valence-electron chi connectivity index (χ0n) is 9.81. The molecule has 0 spiro atoms. The van der Waals surface area contributed by atoms with Crippen molar-refractivity contribution in [2.75, 3.05) is 0 Å². The van der Waals surface area contributed by atoms with E-state index in [4.69, 9.17) is 10.8 Å². The van der Waals surface area contributed by atoms with Crippen LogP contribution in [0.2, 0.25) is 0 Å². The van der Waals surface area contributed by atoms with E-state index >= 15 is 0 Å². The number of hydrazine groups is 1. The number of rotatable bonds is 3. The average molecular weight is 288 g/mol. The lowest BCUT2D eigenvalue weighted by atomic mass is 10.3. The monoisotopic (exact) mass is 288 g/mol. The summed E-state index contributed by atoms with van der Waals surface area (Å²) in [5.74, 6) is 3.13.